The van der Waals surface area contributed by atoms with Crippen LogP contribution in [-0.2, 0) is 13.0 Å². The molecular weight excluding hydrogens is 176 g/mol. The lowest BCUT2D eigenvalue weighted by Gasteiger charge is -2.03. The smallest absolute Gasteiger partial charge is 0.0521 e. The van der Waals surface area contributed by atoms with Gasteiger partial charge < -0.3 is 5.11 Å². The standard InChI is InChI=1S/C11H20N2O/c1-9(2)7-13-8-11(6-12-13)5-4-10(3)14/h6,8-10,14H,4-5,7H2,1-3H3. The quantitative estimate of drug-likeness (QED) is 0.780. The van der Waals surface area contributed by atoms with Gasteiger partial charge in [0.25, 0.3) is 0 Å². The van der Waals surface area contributed by atoms with Crippen LogP contribution in [0, 0.1) is 5.92 Å². The molecule has 80 valence electrons. The SMILES string of the molecule is CC(C)Cn1cc(CCC(C)O)cn1. The Balaban J connectivity index is 2.42. The van der Waals surface area contributed by atoms with Gasteiger partial charge in [-0.3, -0.25) is 4.68 Å². The monoisotopic (exact) mass is 196 g/mol. The van der Waals surface area contributed by atoms with Crippen molar-refractivity contribution in [2.75, 3.05) is 0 Å². The molecule has 3 nitrogen and oxygen atoms in total. The molecule has 1 N–H and O–H groups in total. The summed E-state index contributed by atoms with van der Waals surface area (Å²) in [6.07, 6.45) is 5.47. The molecule has 0 radical (unpaired) electrons. The molecule has 0 aliphatic heterocycles. The highest BCUT2D eigenvalue weighted by Crippen LogP contribution is 2.06. The van der Waals surface area contributed by atoms with Crippen LogP contribution < -0.4 is 0 Å². The van der Waals surface area contributed by atoms with E-state index < -0.39 is 0 Å². The van der Waals surface area contributed by atoms with Crippen LogP contribution >= 0.6 is 0 Å². The molecule has 0 saturated heterocycles. The summed E-state index contributed by atoms with van der Waals surface area (Å²) in [4.78, 5) is 0. The van der Waals surface area contributed by atoms with E-state index in [4.69, 9.17) is 5.11 Å². The van der Waals surface area contributed by atoms with Crippen LogP contribution in [0.25, 0.3) is 0 Å². The van der Waals surface area contributed by atoms with E-state index in [2.05, 4.69) is 25.1 Å². The van der Waals surface area contributed by atoms with Gasteiger partial charge in [-0.15, -0.1) is 0 Å². The Morgan fingerprint density at radius 3 is 2.71 bits per heavy atom. The molecule has 0 aliphatic rings. The number of aromatic nitrogens is 2. The van der Waals surface area contributed by atoms with Crippen LogP contribution in [0.3, 0.4) is 0 Å². The molecule has 0 aliphatic carbocycles. The lowest BCUT2D eigenvalue weighted by atomic mass is 10.1. The molecule has 1 unspecified atom stereocenters. The molecule has 14 heavy (non-hydrogen) atoms. The summed E-state index contributed by atoms with van der Waals surface area (Å²) >= 11 is 0. The maximum Gasteiger partial charge on any atom is 0.0521 e. The van der Waals surface area contributed by atoms with Gasteiger partial charge in [-0.1, -0.05) is 13.8 Å². The predicted molar refractivity (Wildman–Crippen MR) is 57.1 cm³/mol. The Morgan fingerprint density at radius 1 is 1.43 bits per heavy atom. The Bertz CT molecular complexity index is 266. The summed E-state index contributed by atoms with van der Waals surface area (Å²) in [6.45, 7) is 7.14. The Kier molecular flexibility index (Phi) is 4.14. The fourth-order valence-corrected chi connectivity index (χ4v) is 1.39. The first-order valence-electron chi connectivity index (χ1n) is 5.27. The zero-order valence-corrected chi connectivity index (χ0v) is 9.27. The van der Waals surface area contributed by atoms with E-state index in [9.17, 15) is 0 Å². The first-order chi connectivity index (χ1) is 6.58. The summed E-state index contributed by atoms with van der Waals surface area (Å²) < 4.78 is 1.97. The molecule has 0 aromatic carbocycles. The van der Waals surface area contributed by atoms with E-state index >= 15 is 0 Å². The molecule has 1 atom stereocenters. The van der Waals surface area contributed by atoms with Gasteiger partial charge in [0.1, 0.15) is 0 Å². The molecule has 0 amide bonds. The lowest BCUT2D eigenvalue weighted by Crippen LogP contribution is -2.04. The number of hydrogen-bond donors (Lipinski definition) is 1. The van der Waals surface area contributed by atoms with Crippen molar-refractivity contribution < 1.29 is 5.11 Å². The third-order valence-corrected chi connectivity index (χ3v) is 2.09. The first-order valence-corrected chi connectivity index (χ1v) is 5.27. The molecule has 1 aromatic heterocycles. The highest BCUT2D eigenvalue weighted by Gasteiger charge is 2.02. The Hall–Kier alpha value is -0.830. The molecule has 0 saturated carbocycles. The van der Waals surface area contributed by atoms with E-state index in [1.807, 2.05) is 17.8 Å². The number of nitrogens with zero attached hydrogens (tertiary/aromatic N) is 2. The highest BCUT2D eigenvalue weighted by molar-refractivity contribution is 5.04. The second kappa shape index (κ2) is 5.15. The fourth-order valence-electron chi connectivity index (χ4n) is 1.39. The minimum atomic E-state index is -0.219. The minimum absolute atomic E-state index is 0.219. The maximum atomic E-state index is 9.14. The zero-order valence-electron chi connectivity index (χ0n) is 9.27. The minimum Gasteiger partial charge on any atom is -0.393 e. The van der Waals surface area contributed by atoms with Crippen molar-refractivity contribution in [1.29, 1.82) is 0 Å². The first kappa shape index (κ1) is 11.2. The van der Waals surface area contributed by atoms with Crippen LogP contribution in [0.4, 0.5) is 0 Å². The van der Waals surface area contributed by atoms with Gasteiger partial charge in [0.05, 0.1) is 12.3 Å². The van der Waals surface area contributed by atoms with Crippen molar-refractivity contribution in [3.8, 4) is 0 Å². The van der Waals surface area contributed by atoms with Crippen molar-refractivity contribution in [2.24, 2.45) is 5.92 Å². The largest absolute Gasteiger partial charge is 0.393 e. The highest BCUT2D eigenvalue weighted by atomic mass is 16.3. The fraction of sp³-hybridized carbons (Fsp3) is 0.727. The second-order valence-electron chi connectivity index (χ2n) is 4.35. The summed E-state index contributed by atoms with van der Waals surface area (Å²) in [5, 5.41) is 13.4. The van der Waals surface area contributed by atoms with Gasteiger partial charge in [-0.05, 0) is 31.2 Å². The number of rotatable bonds is 5. The van der Waals surface area contributed by atoms with Crippen molar-refractivity contribution in [2.45, 2.75) is 46.3 Å². The van der Waals surface area contributed by atoms with Crippen LogP contribution in [0.15, 0.2) is 12.4 Å². The lowest BCUT2D eigenvalue weighted by molar-refractivity contribution is 0.185. The molecule has 0 fully saturated rings. The Labute approximate surface area is 85.8 Å². The van der Waals surface area contributed by atoms with Crippen LogP contribution in [0.5, 0.6) is 0 Å². The molecule has 1 heterocycles. The second-order valence-corrected chi connectivity index (χ2v) is 4.35. The summed E-state index contributed by atoms with van der Waals surface area (Å²) in [7, 11) is 0. The maximum absolute atomic E-state index is 9.14. The predicted octanol–water partition coefficient (Wildman–Crippen LogP) is 1.85. The van der Waals surface area contributed by atoms with E-state index in [1.165, 1.54) is 5.56 Å². The zero-order chi connectivity index (χ0) is 10.6. The van der Waals surface area contributed by atoms with Gasteiger partial charge in [0.15, 0.2) is 0 Å². The third-order valence-electron chi connectivity index (χ3n) is 2.09. The van der Waals surface area contributed by atoms with E-state index in [0.29, 0.717) is 5.92 Å². The third kappa shape index (κ3) is 3.92. The van der Waals surface area contributed by atoms with Gasteiger partial charge in [0.2, 0.25) is 0 Å². The van der Waals surface area contributed by atoms with Crippen LogP contribution in [0.1, 0.15) is 32.8 Å². The topological polar surface area (TPSA) is 38.0 Å². The van der Waals surface area contributed by atoms with Gasteiger partial charge in [0, 0.05) is 12.7 Å². The number of aliphatic hydroxyl groups is 1. The van der Waals surface area contributed by atoms with Gasteiger partial charge in [-0.2, -0.15) is 5.10 Å². The van der Waals surface area contributed by atoms with Crippen molar-refractivity contribution >= 4 is 0 Å². The van der Waals surface area contributed by atoms with E-state index in [1.54, 1.807) is 0 Å². The summed E-state index contributed by atoms with van der Waals surface area (Å²) in [6, 6.07) is 0. The molecule has 0 bridgehead atoms. The molecular formula is C11H20N2O. The van der Waals surface area contributed by atoms with E-state index in [0.717, 1.165) is 19.4 Å². The number of hydrogen-bond acceptors (Lipinski definition) is 2. The normalized spacial score (nSPS) is 13.5. The van der Waals surface area contributed by atoms with Gasteiger partial charge >= 0.3 is 0 Å². The average Bonchev–Trinajstić information content (AvgIpc) is 2.47. The average molecular weight is 196 g/mol. The molecule has 1 rings (SSSR count). The molecule has 1 aromatic rings. The molecule has 3 heteroatoms. The van der Waals surface area contributed by atoms with Crippen LogP contribution in [-0.4, -0.2) is 21.0 Å². The van der Waals surface area contributed by atoms with Crippen LogP contribution in [0.2, 0.25) is 0 Å². The van der Waals surface area contributed by atoms with Gasteiger partial charge in [-0.25, -0.2) is 0 Å². The number of aliphatic hydroxyl groups excluding tert-OH is 1. The Morgan fingerprint density at radius 2 is 2.14 bits per heavy atom. The summed E-state index contributed by atoms with van der Waals surface area (Å²) in [5.41, 5.74) is 1.21. The van der Waals surface area contributed by atoms with E-state index in [-0.39, 0.29) is 6.10 Å². The summed E-state index contributed by atoms with van der Waals surface area (Å²) in [5.74, 6) is 0.625. The molecule has 0 spiro atoms. The number of aryl methyl sites for hydroxylation is 1. The van der Waals surface area contributed by atoms with Crippen molar-refractivity contribution in [3.63, 3.8) is 0 Å². The van der Waals surface area contributed by atoms with Crippen molar-refractivity contribution in [3.05, 3.63) is 18.0 Å². The van der Waals surface area contributed by atoms with Crippen molar-refractivity contribution in [1.82, 2.24) is 9.78 Å².